The number of anilines is 1. The van der Waals surface area contributed by atoms with Gasteiger partial charge in [0.05, 0.1) is 23.8 Å². The molecule has 27 heavy (non-hydrogen) atoms. The van der Waals surface area contributed by atoms with E-state index in [-0.39, 0.29) is 28.8 Å². The third-order valence-electron chi connectivity index (χ3n) is 3.89. The molecule has 1 aromatic heterocycles. The van der Waals surface area contributed by atoms with Gasteiger partial charge in [0.25, 0.3) is 11.6 Å². The molecule has 0 bridgehead atoms. The van der Waals surface area contributed by atoms with E-state index in [1.165, 1.54) is 29.5 Å². The summed E-state index contributed by atoms with van der Waals surface area (Å²) in [6, 6.07) is 3.99. The Balaban J connectivity index is 1.75. The Hall–Kier alpha value is -2.72. The molecule has 0 aliphatic carbocycles. The number of benzene rings is 1. The van der Waals surface area contributed by atoms with E-state index < -0.39 is 11.0 Å². The highest BCUT2D eigenvalue weighted by Crippen LogP contribution is 2.30. The normalized spacial score (nSPS) is 13.0. The molecule has 0 fully saturated rings. The number of carbonyl (C=O) groups excluding carboxylic acids is 2. The number of hydrogen-bond acceptors (Lipinski definition) is 7. The van der Waals surface area contributed by atoms with Crippen molar-refractivity contribution in [2.24, 2.45) is 0 Å². The summed E-state index contributed by atoms with van der Waals surface area (Å²) in [5.41, 5.74) is 0.709. The van der Waals surface area contributed by atoms with Gasteiger partial charge in [-0.05, 0) is 19.1 Å². The average Bonchev–Trinajstić information content (AvgIpc) is 3.02. The predicted octanol–water partition coefficient (Wildman–Crippen LogP) is 3.47. The number of rotatable bonds is 4. The van der Waals surface area contributed by atoms with Gasteiger partial charge in [-0.15, -0.1) is 0 Å². The minimum atomic E-state index is -0.621. The van der Waals surface area contributed by atoms with Crippen molar-refractivity contribution in [2.45, 2.75) is 19.9 Å². The van der Waals surface area contributed by atoms with E-state index in [2.05, 4.69) is 10.3 Å². The second-order valence-electron chi connectivity index (χ2n) is 5.63. The third-order valence-corrected chi connectivity index (χ3v) is 5.21. The van der Waals surface area contributed by atoms with Gasteiger partial charge in [-0.1, -0.05) is 22.9 Å². The van der Waals surface area contributed by atoms with Crippen molar-refractivity contribution in [3.63, 3.8) is 0 Å². The summed E-state index contributed by atoms with van der Waals surface area (Å²) < 4.78 is 4.82. The Bertz CT molecular complexity index is 916. The zero-order valence-electron chi connectivity index (χ0n) is 14.2. The summed E-state index contributed by atoms with van der Waals surface area (Å²) in [7, 11) is 0. The fourth-order valence-electron chi connectivity index (χ4n) is 2.64. The maximum Gasteiger partial charge on any atom is 0.413 e. The average molecular weight is 411 g/mol. The summed E-state index contributed by atoms with van der Waals surface area (Å²) in [4.78, 5) is 41.4. The molecule has 2 heterocycles. The van der Waals surface area contributed by atoms with Crippen molar-refractivity contribution in [2.75, 3.05) is 18.5 Å². The summed E-state index contributed by atoms with van der Waals surface area (Å²) in [5, 5.41) is 14.0. The summed E-state index contributed by atoms with van der Waals surface area (Å²) in [5.74, 6) is -0.325. The fourth-order valence-corrected chi connectivity index (χ4v) is 3.84. The Morgan fingerprint density at radius 3 is 2.96 bits per heavy atom. The standard InChI is InChI=1S/C16H15ClN4O5S/c1-2-26-16(23)19-15-18-11-5-6-20(8-13(11)27-15)14(22)9-3-4-10(17)12(7-9)21(24)25/h3-4,7H,2,5-6,8H2,1H3,(H,18,19,23). The topological polar surface area (TPSA) is 115 Å². The lowest BCUT2D eigenvalue weighted by Gasteiger charge is -2.26. The van der Waals surface area contributed by atoms with E-state index in [1.807, 2.05) is 0 Å². The highest BCUT2D eigenvalue weighted by Gasteiger charge is 2.27. The maximum absolute atomic E-state index is 12.7. The highest BCUT2D eigenvalue weighted by molar-refractivity contribution is 7.15. The highest BCUT2D eigenvalue weighted by atomic mass is 35.5. The smallest absolute Gasteiger partial charge is 0.413 e. The van der Waals surface area contributed by atoms with Crippen LogP contribution in [0.15, 0.2) is 18.2 Å². The van der Waals surface area contributed by atoms with Crippen LogP contribution in [0.2, 0.25) is 5.02 Å². The minimum Gasteiger partial charge on any atom is -0.450 e. The van der Waals surface area contributed by atoms with Gasteiger partial charge in [-0.25, -0.2) is 9.78 Å². The van der Waals surface area contributed by atoms with Crippen LogP contribution < -0.4 is 5.32 Å². The molecule has 0 radical (unpaired) electrons. The molecule has 9 nitrogen and oxygen atoms in total. The van der Waals surface area contributed by atoms with Gasteiger partial charge in [0, 0.05) is 29.5 Å². The van der Waals surface area contributed by atoms with Crippen molar-refractivity contribution in [1.82, 2.24) is 9.88 Å². The molecule has 2 aromatic rings. The summed E-state index contributed by atoms with van der Waals surface area (Å²) in [6.07, 6.45) is -0.0531. The SMILES string of the molecule is CCOC(=O)Nc1nc2c(s1)CN(C(=O)c1ccc(Cl)c([N+](=O)[O-])c1)CC2. The second-order valence-corrected chi connectivity index (χ2v) is 7.13. The molecule has 1 aliphatic rings. The summed E-state index contributed by atoms with van der Waals surface area (Å²) >= 11 is 7.07. The van der Waals surface area contributed by atoms with Gasteiger partial charge in [0.2, 0.25) is 0 Å². The third kappa shape index (κ3) is 4.17. The van der Waals surface area contributed by atoms with Gasteiger partial charge in [-0.2, -0.15) is 0 Å². The molecule has 0 saturated heterocycles. The molecular weight excluding hydrogens is 396 g/mol. The van der Waals surface area contributed by atoms with Gasteiger partial charge >= 0.3 is 6.09 Å². The van der Waals surface area contributed by atoms with E-state index in [4.69, 9.17) is 16.3 Å². The number of nitrogens with zero attached hydrogens (tertiary/aromatic N) is 3. The van der Waals surface area contributed by atoms with E-state index in [0.717, 1.165) is 10.6 Å². The number of thiazole rings is 1. The van der Waals surface area contributed by atoms with Gasteiger partial charge < -0.3 is 9.64 Å². The van der Waals surface area contributed by atoms with Crippen molar-refractivity contribution in [1.29, 1.82) is 0 Å². The molecule has 0 spiro atoms. The fraction of sp³-hybridized carbons (Fsp3) is 0.312. The minimum absolute atomic E-state index is 0.0189. The van der Waals surface area contributed by atoms with Crippen LogP contribution in [0.4, 0.5) is 15.6 Å². The van der Waals surface area contributed by atoms with Gasteiger partial charge in [0.1, 0.15) is 5.02 Å². The first-order chi connectivity index (χ1) is 12.9. The first kappa shape index (κ1) is 19.1. The number of hydrogen-bond donors (Lipinski definition) is 1. The lowest BCUT2D eigenvalue weighted by atomic mass is 10.1. The zero-order chi connectivity index (χ0) is 19.6. The maximum atomic E-state index is 12.7. The van der Waals surface area contributed by atoms with Crippen molar-refractivity contribution in [3.8, 4) is 0 Å². The number of amides is 2. The molecule has 3 rings (SSSR count). The largest absolute Gasteiger partial charge is 0.450 e. The number of nitrogens with one attached hydrogen (secondary N) is 1. The van der Waals surface area contributed by atoms with Crippen LogP contribution in [0.3, 0.4) is 0 Å². The van der Waals surface area contributed by atoms with Crippen LogP contribution in [0, 0.1) is 10.1 Å². The first-order valence-corrected chi connectivity index (χ1v) is 9.24. The number of nitro benzene ring substituents is 1. The lowest BCUT2D eigenvalue weighted by molar-refractivity contribution is -0.384. The molecular formula is C16H15ClN4O5S. The molecule has 0 atom stereocenters. The summed E-state index contributed by atoms with van der Waals surface area (Å²) in [6.45, 7) is 2.70. The molecule has 0 unspecified atom stereocenters. The van der Waals surface area contributed by atoms with Crippen molar-refractivity contribution < 1.29 is 19.2 Å². The Morgan fingerprint density at radius 2 is 2.26 bits per heavy atom. The number of nitro groups is 1. The van der Waals surface area contributed by atoms with Crippen LogP contribution in [-0.2, 0) is 17.7 Å². The predicted molar refractivity (Wildman–Crippen MR) is 99.3 cm³/mol. The number of halogens is 1. The molecule has 0 saturated carbocycles. The van der Waals surface area contributed by atoms with Crippen LogP contribution in [0.1, 0.15) is 27.9 Å². The van der Waals surface area contributed by atoms with Crippen LogP contribution >= 0.6 is 22.9 Å². The monoisotopic (exact) mass is 410 g/mol. The van der Waals surface area contributed by atoms with E-state index in [0.29, 0.717) is 24.6 Å². The van der Waals surface area contributed by atoms with E-state index >= 15 is 0 Å². The zero-order valence-corrected chi connectivity index (χ0v) is 15.8. The molecule has 142 valence electrons. The Labute approximate surface area is 163 Å². The van der Waals surface area contributed by atoms with Gasteiger partial charge in [0.15, 0.2) is 5.13 Å². The number of fused-ring (bicyclic) bond motifs is 1. The number of aromatic nitrogens is 1. The quantitative estimate of drug-likeness (QED) is 0.609. The van der Waals surface area contributed by atoms with Crippen LogP contribution in [-0.4, -0.2) is 40.0 Å². The van der Waals surface area contributed by atoms with Crippen molar-refractivity contribution in [3.05, 3.63) is 49.5 Å². The molecule has 11 heteroatoms. The molecule has 1 aliphatic heterocycles. The van der Waals surface area contributed by atoms with Crippen molar-refractivity contribution >= 4 is 45.8 Å². The number of ether oxygens (including phenoxy) is 1. The lowest BCUT2D eigenvalue weighted by Crippen LogP contribution is -2.35. The van der Waals surface area contributed by atoms with Crippen LogP contribution in [0.5, 0.6) is 0 Å². The van der Waals surface area contributed by atoms with Gasteiger partial charge in [-0.3, -0.25) is 20.2 Å². The first-order valence-electron chi connectivity index (χ1n) is 8.04. The Kier molecular flexibility index (Phi) is 5.57. The van der Waals surface area contributed by atoms with E-state index in [9.17, 15) is 19.7 Å². The Morgan fingerprint density at radius 1 is 1.48 bits per heavy atom. The number of carbonyl (C=O) groups is 2. The molecule has 1 aromatic carbocycles. The molecule has 1 N–H and O–H groups in total. The van der Waals surface area contributed by atoms with E-state index in [1.54, 1.807) is 11.8 Å². The molecule has 2 amide bonds. The van der Waals surface area contributed by atoms with Crippen LogP contribution in [0.25, 0.3) is 0 Å². The second kappa shape index (κ2) is 7.89.